The Hall–Kier alpha value is -0.640. The highest BCUT2D eigenvalue weighted by atomic mass is 32.1. The van der Waals surface area contributed by atoms with Crippen LogP contribution in [-0.4, -0.2) is 28.4 Å². The first-order chi connectivity index (χ1) is 8.15. The van der Waals surface area contributed by atoms with Crippen LogP contribution in [0.2, 0.25) is 0 Å². The third-order valence-corrected chi connectivity index (χ3v) is 4.61. The molecule has 1 heterocycles. The van der Waals surface area contributed by atoms with Gasteiger partial charge in [-0.1, -0.05) is 25.6 Å². The van der Waals surface area contributed by atoms with Gasteiger partial charge in [-0.2, -0.15) is 0 Å². The van der Waals surface area contributed by atoms with E-state index in [-0.39, 0.29) is 11.8 Å². The van der Waals surface area contributed by atoms with Crippen molar-refractivity contribution in [2.45, 2.75) is 51.5 Å². The van der Waals surface area contributed by atoms with Gasteiger partial charge >= 0.3 is 0 Å². The summed E-state index contributed by atoms with van der Waals surface area (Å²) in [5, 5.41) is 0. The van der Waals surface area contributed by atoms with Crippen LogP contribution in [0.1, 0.15) is 45.4 Å². The average Bonchev–Trinajstić information content (AvgIpc) is 2.76. The molecule has 3 atom stereocenters. The lowest BCUT2D eigenvalue weighted by Crippen LogP contribution is -2.50. The number of likely N-dealkylation sites (tertiary alicyclic amines) is 1. The molecule has 1 saturated heterocycles. The summed E-state index contributed by atoms with van der Waals surface area (Å²) in [6, 6.07) is 0.472. The topological polar surface area (TPSA) is 46.3 Å². The minimum absolute atomic E-state index is 0.177. The first-order valence-electron chi connectivity index (χ1n) is 6.75. The first-order valence-corrected chi connectivity index (χ1v) is 7.15. The predicted octanol–water partition coefficient (Wildman–Crippen LogP) is 2.09. The van der Waals surface area contributed by atoms with Gasteiger partial charge in [-0.3, -0.25) is 4.79 Å². The summed E-state index contributed by atoms with van der Waals surface area (Å²) < 4.78 is 0. The van der Waals surface area contributed by atoms with Crippen molar-refractivity contribution in [1.29, 1.82) is 0 Å². The number of hydrogen-bond donors (Lipinski definition) is 1. The van der Waals surface area contributed by atoms with Gasteiger partial charge in [-0.05, 0) is 38.0 Å². The lowest BCUT2D eigenvalue weighted by Gasteiger charge is -2.39. The van der Waals surface area contributed by atoms with Gasteiger partial charge in [0.05, 0.1) is 10.9 Å². The molecule has 1 saturated carbocycles. The summed E-state index contributed by atoms with van der Waals surface area (Å²) in [6.07, 6.45) is 6.88. The summed E-state index contributed by atoms with van der Waals surface area (Å²) in [5.74, 6) is 0.664. The maximum Gasteiger partial charge on any atom is 0.232 e. The van der Waals surface area contributed by atoms with E-state index in [0.29, 0.717) is 11.0 Å². The molecular formula is C13H22N2OS. The van der Waals surface area contributed by atoms with Crippen molar-refractivity contribution in [3.63, 3.8) is 0 Å². The molecule has 1 aliphatic heterocycles. The van der Waals surface area contributed by atoms with Crippen LogP contribution in [0.3, 0.4) is 0 Å². The summed E-state index contributed by atoms with van der Waals surface area (Å²) >= 11 is 5.01. The Balaban J connectivity index is 2.09. The number of piperidine rings is 1. The zero-order chi connectivity index (χ0) is 12.4. The maximum atomic E-state index is 12.5. The van der Waals surface area contributed by atoms with E-state index >= 15 is 0 Å². The quantitative estimate of drug-likeness (QED) is 0.784. The molecule has 0 spiro atoms. The third kappa shape index (κ3) is 2.46. The van der Waals surface area contributed by atoms with Gasteiger partial charge in [0, 0.05) is 12.6 Å². The normalized spacial score (nSPS) is 29.8. The van der Waals surface area contributed by atoms with Crippen LogP contribution in [-0.2, 0) is 4.79 Å². The van der Waals surface area contributed by atoms with Crippen LogP contribution in [0.4, 0.5) is 0 Å². The van der Waals surface area contributed by atoms with Crippen molar-refractivity contribution in [3.05, 3.63) is 0 Å². The molecule has 3 unspecified atom stereocenters. The fraction of sp³-hybridized carbons (Fsp3) is 0.846. The number of nitrogens with zero attached hydrogens (tertiary/aromatic N) is 1. The van der Waals surface area contributed by atoms with E-state index in [1.807, 2.05) is 6.92 Å². The molecular weight excluding hydrogens is 232 g/mol. The van der Waals surface area contributed by atoms with Crippen LogP contribution < -0.4 is 5.73 Å². The molecule has 2 aliphatic rings. The molecule has 2 fully saturated rings. The molecule has 4 heteroatoms. The SMILES string of the molecule is CCC(C(=O)N1CCCC2CCCC21)C(N)=S. The van der Waals surface area contributed by atoms with E-state index in [4.69, 9.17) is 18.0 Å². The Morgan fingerprint density at radius 3 is 2.76 bits per heavy atom. The van der Waals surface area contributed by atoms with Crippen LogP contribution in [0.15, 0.2) is 0 Å². The molecule has 2 N–H and O–H groups in total. The molecule has 2 rings (SSSR count). The number of thiocarbonyl (C=S) groups is 1. The number of fused-ring (bicyclic) bond motifs is 1. The minimum atomic E-state index is -0.246. The van der Waals surface area contributed by atoms with Crippen molar-refractivity contribution in [1.82, 2.24) is 4.90 Å². The summed E-state index contributed by atoms with van der Waals surface area (Å²) in [7, 11) is 0. The summed E-state index contributed by atoms with van der Waals surface area (Å²) in [5.41, 5.74) is 5.68. The number of nitrogens with two attached hydrogens (primary N) is 1. The van der Waals surface area contributed by atoms with Crippen LogP contribution in [0, 0.1) is 11.8 Å². The Kier molecular flexibility index (Phi) is 4.02. The van der Waals surface area contributed by atoms with E-state index < -0.39 is 0 Å². The minimum Gasteiger partial charge on any atom is -0.393 e. The Labute approximate surface area is 109 Å². The fourth-order valence-corrected chi connectivity index (χ4v) is 3.69. The lowest BCUT2D eigenvalue weighted by atomic mass is 9.90. The van der Waals surface area contributed by atoms with Crippen molar-refractivity contribution in [3.8, 4) is 0 Å². The average molecular weight is 254 g/mol. The number of amides is 1. The van der Waals surface area contributed by atoms with Crippen molar-refractivity contribution in [2.24, 2.45) is 17.6 Å². The zero-order valence-electron chi connectivity index (χ0n) is 10.5. The third-order valence-electron chi connectivity index (χ3n) is 4.33. The molecule has 96 valence electrons. The van der Waals surface area contributed by atoms with E-state index in [1.165, 1.54) is 25.7 Å². The van der Waals surface area contributed by atoms with Gasteiger partial charge < -0.3 is 10.6 Å². The van der Waals surface area contributed by atoms with Crippen molar-refractivity contribution < 1.29 is 4.79 Å². The molecule has 17 heavy (non-hydrogen) atoms. The van der Waals surface area contributed by atoms with E-state index in [9.17, 15) is 4.79 Å². The maximum absolute atomic E-state index is 12.5. The zero-order valence-corrected chi connectivity index (χ0v) is 11.3. The molecule has 0 aromatic carbocycles. The van der Waals surface area contributed by atoms with Crippen LogP contribution >= 0.6 is 12.2 Å². The first kappa shape index (κ1) is 12.8. The van der Waals surface area contributed by atoms with E-state index in [2.05, 4.69) is 4.90 Å². The smallest absolute Gasteiger partial charge is 0.232 e. The number of rotatable bonds is 3. The monoisotopic (exact) mass is 254 g/mol. The summed E-state index contributed by atoms with van der Waals surface area (Å²) in [4.78, 5) is 14.9. The van der Waals surface area contributed by atoms with E-state index in [1.54, 1.807) is 0 Å². The summed E-state index contributed by atoms with van der Waals surface area (Å²) in [6.45, 7) is 2.89. The standard InChI is InChI=1S/C13H22N2OS/c1-2-10(12(14)17)13(16)15-8-4-6-9-5-3-7-11(9)15/h9-11H,2-8H2,1H3,(H2,14,17). The van der Waals surface area contributed by atoms with Gasteiger partial charge in [0.1, 0.15) is 0 Å². The highest BCUT2D eigenvalue weighted by Crippen LogP contribution is 2.37. The molecule has 3 nitrogen and oxygen atoms in total. The van der Waals surface area contributed by atoms with Crippen LogP contribution in [0.5, 0.6) is 0 Å². The molecule has 0 radical (unpaired) electrons. The van der Waals surface area contributed by atoms with Gasteiger partial charge in [0.25, 0.3) is 0 Å². The molecule has 1 amide bonds. The molecule has 0 aromatic rings. The van der Waals surface area contributed by atoms with E-state index in [0.717, 1.165) is 25.3 Å². The van der Waals surface area contributed by atoms with Crippen molar-refractivity contribution in [2.75, 3.05) is 6.54 Å². The van der Waals surface area contributed by atoms with Gasteiger partial charge in [-0.15, -0.1) is 0 Å². The second kappa shape index (κ2) is 5.34. The van der Waals surface area contributed by atoms with Gasteiger partial charge in [-0.25, -0.2) is 0 Å². The van der Waals surface area contributed by atoms with Crippen molar-refractivity contribution >= 4 is 23.1 Å². The van der Waals surface area contributed by atoms with Gasteiger partial charge in [0.15, 0.2) is 0 Å². The number of carbonyl (C=O) groups excluding carboxylic acids is 1. The predicted molar refractivity (Wildman–Crippen MR) is 72.6 cm³/mol. The highest BCUT2D eigenvalue weighted by Gasteiger charge is 2.39. The van der Waals surface area contributed by atoms with Crippen LogP contribution in [0.25, 0.3) is 0 Å². The molecule has 0 bridgehead atoms. The number of hydrogen-bond acceptors (Lipinski definition) is 2. The number of carbonyl (C=O) groups is 1. The molecule has 1 aliphatic carbocycles. The highest BCUT2D eigenvalue weighted by molar-refractivity contribution is 7.80. The Bertz CT molecular complexity index is 319. The Morgan fingerprint density at radius 1 is 1.41 bits per heavy atom. The molecule has 0 aromatic heterocycles. The second-order valence-electron chi connectivity index (χ2n) is 5.30. The van der Waals surface area contributed by atoms with Gasteiger partial charge in [0.2, 0.25) is 5.91 Å². The second-order valence-corrected chi connectivity index (χ2v) is 5.77. The largest absolute Gasteiger partial charge is 0.393 e. The fourth-order valence-electron chi connectivity index (χ4n) is 3.43. The lowest BCUT2D eigenvalue weighted by molar-refractivity contribution is -0.138. The Morgan fingerprint density at radius 2 is 2.12 bits per heavy atom.